The number of nitrogens with one attached hydrogen (secondary N) is 1. The highest BCUT2D eigenvalue weighted by Gasteiger charge is 2.46. The van der Waals surface area contributed by atoms with Crippen molar-refractivity contribution >= 4 is 41.1 Å². The Balaban J connectivity index is 0.773. The topological polar surface area (TPSA) is 170 Å². The smallest absolute Gasteiger partial charge is 0.266 e. The number of carbonyl (C=O) groups is 5. The molecule has 64 heavy (non-hydrogen) atoms. The standard InChI is InChI=1S/C49H50ClN5O9/c1-29-27-33(12-16-38(29)50)44-32(11-15-36(46(44)58)40-28-30(2)52-53(40)3)10-7-31-8-13-34(14-9-31)64-35-19-22-54(23-20-35)43(57)21-24-62-25-26-63-41-6-4-5-37-45(41)49(61)55(48(37)60)39-17-18-42(56)51-47(39)59/h4-6,8-9,11-16,27-28,35,39,58H,7,10,17-26H2,1-3H3,(H,51,56,59). The Hall–Kier alpha value is -6.51. The molecular weight excluding hydrogens is 838 g/mol. The van der Waals surface area contributed by atoms with Crippen LogP contribution in [0.3, 0.4) is 0 Å². The van der Waals surface area contributed by atoms with E-state index in [1.54, 1.807) is 16.8 Å². The molecule has 0 bridgehead atoms. The summed E-state index contributed by atoms with van der Waals surface area (Å²) < 4.78 is 19.6. The van der Waals surface area contributed by atoms with Crippen LogP contribution in [0.25, 0.3) is 22.4 Å². The van der Waals surface area contributed by atoms with E-state index >= 15 is 0 Å². The van der Waals surface area contributed by atoms with Crippen LogP contribution in [0.5, 0.6) is 17.2 Å². The highest BCUT2D eigenvalue weighted by atomic mass is 35.5. The van der Waals surface area contributed by atoms with Crippen molar-refractivity contribution in [2.75, 3.05) is 32.9 Å². The third-order valence-electron chi connectivity index (χ3n) is 12.1. The van der Waals surface area contributed by atoms with Crippen molar-refractivity contribution in [1.82, 2.24) is 24.9 Å². The van der Waals surface area contributed by atoms with Gasteiger partial charge in [-0.15, -0.1) is 0 Å². The van der Waals surface area contributed by atoms with Crippen molar-refractivity contribution < 1.29 is 43.3 Å². The molecule has 0 radical (unpaired) electrons. The van der Waals surface area contributed by atoms with Crippen molar-refractivity contribution in [3.8, 4) is 39.6 Å². The first-order valence-corrected chi connectivity index (χ1v) is 21.9. The van der Waals surface area contributed by atoms with Crippen LogP contribution in [-0.2, 0) is 39.0 Å². The summed E-state index contributed by atoms with van der Waals surface area (Å²) in [5.41, 5.74) is 7.42. The molecule has 2 saturated heterocycles. The number of rotatable bonds is 15. The fourth-order valence-corrected chi connectivity index (χ4v) is 8.81. The first-order valence-electron chi connectivity index (χ1n) is 21.6. The molecule has 1 unspecified atom stereocenters. The van der Waals surface area contributed by atoms with Crippen molar-refractivity contribution in [3.63, 3.8) is 0 Å². The highest BCUT2D eigenvalue weighted by molar-refractivity contribution is 6.31. The maximum absolute atomic E-state index is 13.3. The molecule has 2 fully saturated rings. The zero-order chi connectivity index (χ0) is 45.1. The molecule has 332 valence electrons. The number of hydrogen-bond donors (Lipinski definition) is 2. The fourth-order valence-electron chi connectivity index (χ4n) is 8.70. The van der Waals surface area contributed by atoms with Gasteiger partial charge in [-0.1, -0.05) is 41.9 Å². The molecular formula is C49H50ClN5O9. The van der Waals surface area contributed by atoms with Gasteiger partial charge in [0.05, 0.1) is 42.1 Å². The van der Waals surface area contributed by atoms with Gasteiger partial charge in [0.15, 0.2) is 0 Å². The largest absolute Gasteiger partial charge is 0.507 e. The van der Waals surface area contributed by atoms with Crippen LogP contribution in [0, 0.1) is 13.8 Å². The molecule has 4 heterocycles. The van der Waals surface area contributed by atoms with Gasteiger partial charge in [-0.3, -0.25) is 38.9 Å². The van der Waals surface area contributed by atoms with Gasteiger partial charge >= 0.3 is 0 Å². The van der Waals surface area contributed by atoms with Gasteiger partial charge in [-0.25, -0.2) is 0 Å². The number of phenols is 1. The number of nitrogens with zero attached hydrogens (tertiary/aromatic N) is 4. The molecule has 8 rings (SSSR count). The van der Waals surface area contributed by atoms with Crippen molar-refractivity contribution in [2.45, 2.75) is 70.9 Å². The van der Waals surface area contributed by atoms with E-state index in [2.05, 4.69) is 28.6 Å². The van der Waals surface area contributed by atoms with Gasteiger partial charge in [0.1, 0.15) is 36.0 Å². The molecule has 0 spiro atoms. The number of aryl methyl sites for hydroxylation is 5. The third-order valence-corrected chi connectivity index (χ3v) is 12.5. The average molecular weight is 888 g/mol. The van der Waals surface area contributed by atoms with Crippen LogP contribution >= 0.6 is 11.6 Å². The third kappa shape index (κ3) is 9.39. The minimum Gasteiger partial charge on any atom is -0.507 e. The summed E-state index contributed by atoms with van der Waals surface area (Å²) in [6.07, 6.45) is 3.16. The van der Waals surface area contributed by atoms with E-state index < -0.39 is 29.7 Å². The zero-order valence-electron chi connectivity index (χ0n) is 36.0. The van der Waals surface area contributed by atoms with Crippen molar-refractivity contribution in [3.05, 3.63) is 117 Å². The Labute approximate surface area is 376 Å². The van der Waals surface area contributed by atoms with Crippen molar-refractivity contribution in [1.29, 1.82) is 0 Å². The molecule has 5 aromatic rings. The van der Waals surface area contributed by atoms with Crippen LogP contribution in [0.1, 0.15) is 75.2 Å². The molecule has 3 aliphatic heterocycles. The van der Waals surface area contributed by atoms with E-state index in [1.165, 1.54) is 6.07 Å². The van der Waals surface area contributed by atoms with E-state index in [9.17, 15) is 29.1 Å². The second-order valence-electron chi connectivity index (χ2n) is 16.4. The number of aromatic hydroxyl groups is 1. The average Bonchev–Trinajstić information content (AvgIpc) is 3.75. The lowest BCUT2D eigenvalue weighted by atomic mass is 9.90. The number of likely N-dealkylation sites (tertiary alicyclic amines) is 1. The predicted molar refractivity (Wildman–Crippen MR) is 238 cm³/mol. The summed E-state index contributed by atoms with van der Waals surface area (Å²) in [7, 11) is 1.88. The Morgan fingerprint density at radius 3 is 2.36 bits per heavy atom. The lowest BCUT2D eigenvalue weighted by Crippen LogP contribution is -2.54. The summed E-state index contributed by atoms with van der Waals surface area (Å²) in [5, 5.41) is 19.1. The molecule has 0 saturated carbocycles. The van der Waals surface area contributed by atoms with Gasteiger partial charge in [-0.2, -0.15) is 5.10 Å². The Kier molecular flexibility index (Phi) is 13.1. The number of ether oxygens (including phenoxy) is 3. The first kappa shape index (κ1) is 44.1. The second-order valence-corrected chi connectivity index (χ2v) is 16.8. The highest BCUT2D eigenvalue weighted by Crippen LogP contribution is 2.42. The van der Waals surface area contributed by atoms with E-state index in [0.717, 1.165) is 61.8 Å². The Bertz CT molecular complexity index is 2620. The van der Waals surface area contributed by atoms with Crippen LogP contribution in [0.2, 0.25) is 5.02 Å². The first-order chi connectivity index (χ1) is 30.9. The van der Waals surface area contributed by atoms with E-state index in [0.29, 0.717) is 37.4 Å². The summed E-state index contributed by atoms with van der Waals surface area (Å²) in [5.74, 6) is -1.19. The summed E-state index contributed by atoms with van der Waals surface area (Å²) in [4.78, 5) is 66.1. The van der Waals surface area contributed by atoms with Gasteiger partial charge in [0, 0.05) is 55.5 Å². The second kappa shape index (κ2) is 19.1. The number of aromatic nitrogens is 2. The monoisotopic (exact) mass is 887 g/mol. The number of carbonyl (C=O) groups excluding carboxylic acids is 5. The molecule has 3 aliphatic rings. The number of phenolic OH excluding ortho intramolecular Hbond substituents is 1. The molecule has 15 heteroatoms. The number of piperidine rings is 2. The number of halogens is 1. The van der Waals surface area contributed by atoms with Gasteiger partial charge in [0.2, 0.25) is 17.7 Å². The SMILES string of the molecule is Cc1cc(-c2ccc(CCc3ccc(OC4CCN(C(=O)CCOCCOc5cccc6c5C(=O)N(C5CCC(=O)NC5=O)C6=O)CC4)cc3)c(-c3ccc(Cl)c(C)c3)c2O)n(C)n1. The normalized spacial score (nSPS) is 16.6. The molecule has 1 aromatic heterocycles. The Morgan fingerprint density at radius 1 is 0.859 bits per heavy atom. The summed E-state index contributed by atoms with van der Waals surface area (Å²) >= 11 is 6.38. The fraction of sp³-hybridized carbons (Fsp3) is 0.347. The van der Waals surface area contributed by atoms with Crippen molar-refractivity contribution in [2.24, 2.45) is 7.05 Å². The summed E-state index contributed by atoms with van der Waals surface area (Å²) in [6, 6.07) is 23.6. The Morgan fingerprint density at radius 2 is 1.64 bits per heavy atom. The number of imide groups is 2. The number of benzene rings is 4. The van der Waals surface area contributed by atoms with E-state index in [1.807, 2.05) is 68.3 Å². The number of hydrogen-bond acceptors (Lipinski definition) is 10. The van der Waals surface area contributed by atoms with E-state index in [4.69, 9.17) is 25.8 Å². The summed E-state index contributed by atoms with van der Waals surface area (Å²) in [6.45, 7) is 5.47. The molecule has 0 aliphatic carbocycles. The van der Waals surface area contributed by atoms with Gasteiger partial charge in [-0.05, 0) is 104 Å². The molecule has 2 N–H and O–H groups in total. The zero-order valence-corrected chi connectivity index (χ0v) is 36.8. The molecule has 14 nitrogen and oxygen atoms in total. The molecule has 4 aromatic carbocycles. The minimum atomic E-state index is -1.06. The van der Waals surface area contributed by atoms with Crippen LogP contribution in [-0.4, -0.2) is 99.3 Å². The number of fused-ring (bicyclic) bond motifs is 1. The maximum Gasteiger partial charge on any atom is 0.266 e. The molecule has 1 atom stereocenters. The minimum absolute atomic E-state index is 0.00774. The van der Waals surface area contributed by atoms with Crippen LogP contribution < -0.4 is 14.8 Å². The molecule has 5 amide bonds. The number of amides is 5. The maximum atomic E-state index is 13.3. The van der Waals surface area contributed by atoms with Gasteiger partial charge < -0.3 is 24.2 Å². The lowest BCUT2D eigenvalue weighted by Gasteiger charge is -2.32. The van der Waals surface area contributed by atoms with Crippen LogP contribution in [0.4, 0.5) is 0 Å². The quantitative estimate of drug-likeness (QED) is 0.0845. The van der Waals surface area contributed by atoms with Crippen LogP contribution in [0.15, 0.2) is 78.9 Å². The lowest BCUT2D eigenvalue weighted by molar-refractivity contribution is -0.136. The predicted octanol–water partition coefficient (Wildman–Crippen LogP) is 6.77. The van der Waals surface area contributed by atoms with Gasteiger partial charge in [0.25, 0.3) is 11.8 Å². The van der Waals surface area contributed by atoms with E-state index in [-0.39, 0.29) is 73.7 Å².